The van der Waals surface area contributed by atoms with E-state index in [1.807, 2.05) is 12.1 Å². The number of aryl methyl sites for hydroxylation is 2. The fraction of sp³-hybridized carbons (Fsp3) is 0.280. The van der Waals surface area contributed by atoms with Gasteiger partial charge in [0.2, 0.25) is 0 Å². The number of carbonyl (C=O) groups excluding carboxylic acids is 1. The van der Waals surface area contributed by atoms with E-state index < -0.39 is 12.1 Å². The Balaban J connectivity index is 1.29. The van der Waals surface area contributed by atoms with E-state index in [1.165, 1.54) is 22.7 Å². The van der Waals surface area contributed by atoms with E-state index in [-0.39, 0.29) is 5.69 Å². The van der Waals surface area contributed by atoms with Crippen molar-refractivity contribution in [2.24, 2.45) is 5.73 Å². The molecule has 7 nitrogen and oxygen atoms in total. The molecule has 2 heterocycles. The summed E-state index contributed by atoms with van der Waals surface area (Å²) in [5, 5.41) is 11.5. The van der Waals surface area contributed by atoms with Crippen molar-refractivity contribution in [3.63, 3.8) is 0 Å². The molecular formula is C25H28N4O3. The smallest absolute Gasteiger partial charge is 0.268 e. The van der Waals surface area contributed by atoms with Gasteiger partial charge in [-0.3, -0.25) is 4.79 Å². The maximum atomic E-state index is 11.2. The van der Waals surface area contributed by atoms with Gasteiger partial charge >= 0.3 is 0 Å². The van der Waals surface area contributed by atoms with Crippen LogP contribution in [0.5, 0.6) is 5.75 Å². The predicted octanol–water partition coefficient (Wildman–Crippen LogP) is 3.92. The number of aliphatic hydroxyl groups is 1. The van der Waals surface area contributed by atoms with Gasteiger partial charge in [-0.1, -0.05) is 30.3 Å². The number of nitrogens with two attached hydrogens (primary N) is 1. The van der Waals surface area contributed by atoms with Crippen molar-refractivity contribution in [1.29, 1.82) is 0 Å². The maximum absolute atomic E-state index is 11.2. The molecule has 0 fully saturated rings. The molecule has 0 aliphatic carbocycles. The van der Waals surface area contributed by atoms with E-state index in [0.717, 1.165) is 42.5 Å². The van der Waals surface area contributed by atoms with Gasteiger partial charge in [-0.2, -0.15) is 0 Å². The Morgan fingerprint density at radius 1 is 1.12 bits per heavy atom. The number of ether oxygens (including phenoxy) is 1. The summed E-state index contributed by atoms with van der Waals surface area (Å²) in [6.07, 6.45) is 7.46. The SMILES string of the molecule is NC(=O)c1cn([C@H](O)CCCn2ccc3ccc(OCCCc4ccccc4)cc32)cn1. The van der Waals surface area contributed by atoms with Gasteiger partial charge in [0.15, 0.2) is 0 Å². The highest BCUT2D eigenvalue weighted by Gasteiger charge is 2.11. The Morgan fingerprint density at radius 3 is 2.75 bits per heavy atom. The minimum Gasteiger partial charge on any atom is -0.494 e. The lowest BCUT2D eigenvalue weighted by molar-refractivity contribution is 0.0905. The third-order valence-electron chi connectivity index (χ3n) is 5.53. The fourth-order valence-corrected chi connectivity index (χ4v) is 3.78. The van der Waals surface area contributed by atoms with Gasteiger partial charge in [0.25, 0.3) is 5.91 Å². The summed E-state index contributed by atoms with van der Waals surface area (Å²) in [5.41, 5.74) is 7.79. The van der Waals surface area contributed by atoms with E-state index >= 15 is 0 Å². The van der Waals surface area contributed by atoms with E-state index in [2.05, 4.69) is 58.2 Å². The van der Waals surface area contributed by atoms with Gasteiger partial charge in [0.1, 0.15) is 17.7 Å². The number of hydrogen-bond donors (Lipinski definition) is 2. The average molecular weight is 433 g/mol. The number of benzene rings is 2. The van der Waals surface area contributed by atoms with E-state index in [4.69, 9.17) is 10.5 Å². The average Bonchev–Trinajstić information content (AvgIpc) is 3.45. The highest BCUT2D eigenvalue weighted by molar-refractivity contribution is 5.90. The zero-order chi connectivity index (χ0) is 22.3. The van der Waals surface area contributed by atoms with Gasteiger partial charge in [0.05, 0.1) is 18.5 Å². The second-order valence-electron chi connectivity index (χ2n) is 7.86. The maximum Gasteiger partial charge on any atom is 0.268 e. The molecule has 1 atom stereocenters. The summed E-state index contributed by atoms with van der Waals surface area (Å²) in [7, 11) is 0. The van der Waals surface area contributed by atoms with Gasteiger partial charge in [-0.05, 0) is 54.8 Å². The van der Waals surface area contributed by atoms with Crippen LogP contribution in [0.4, 0.5) is 0 Å². The van der Waals surface area contributed by atoms with Crippen molar-refractivity contribution in [3.8, 4) is 5.75 Å². The third kappa shape index (κ3) is 5.36. The topological polar surface area (TPSA) is 95.3 Å². The summed E-state index contributed by atoms with van der Waals surface area (Å²) in [6.45, 7) is 1.43. The molecule has 0 radical (unpaired) electrons. The van der Waals surface area contributed by atoms with Crippen LogP contribution in [0.25, 0.3) is 10.9 Å². The molecule has 32 heavy (non-hydrogen) atoms. The monoisotopic (exact) mass is 432 g/mol. The molecule has 0 saturated carbocycles. The standard InChI is InChI=1S/C25H28N4O3/c26-25(31)22-17-29(18-27-22)24(30)9-4-13-28-14-12-20-10-11-21(16-23(20)28)32-15-5-8-19-6-2-1-3-7-19/h1-3,6-7,10-12,14,16-18,24,30H,4-5,8-9,13,15H2,(H2,26,31)/t24-/m1/s1. The number of nitrogens with zero attached hydrogens (tertiary/aromatic N) is 3. The first kappa shape index (κ1) is 21.6. The second-order valence-corrected chi connectivity index (χ2v) is 7.86. The number of imidazole rings is 1. The minimum absolute atomic E-state index is 0.150. The highest BCUT2D eigenvalue weighted by atomic mass is 16.5. The number of aliphatic hydroxyl groups excluding tert-OH is 1. The third-order valence-corrected chi connectivity index (χ3v) is 5.53. The number of hydrogen-bond acceptors (Lipinski definition) is 4. The van der Waals surface area contributed by atoms with Crippen LogP contribution in [-0.2, 0) is 13.0 Å². The lowest BCUT2D eigenvalue weighted by atomic mass is 10.1. The molecule has 0 aliphatic heterocycles. The number of amides is 1. The molecule has 2 aromatic heterocycles. The van der Waals surface area contributed by atoms with Crippen LogP contribution in [0, 0.1) is 0 Å². The largest absolute Gasteiger partial charge is 0.494 e. The zero-order valence-electron chi connectivity index (χ0n) is 17.9. The molecule has 0 unspecified atom stereocenters. The first-order chi connectivity index (χ1) is 15.6. The molecule has 166 valence electrons. The summed E-state index contributed by atoms with van der Waals surface area (Å²) in [5.74, 6) is 0.260. The van der Waals surface area contributed by atoms with E-state index in [9.17, 15) is 9.90 Å². The van der Waals surface area contributed by atoms with E-state index in [0.29, 0.717) is 13.0 Å². The highest BCUT2D eigenvalue weighted by Crippen LogP contribution is 2.23. The Bertz CT molecular complexity index is 1170. The molecule has 4 aromatic rings. The van der Waals surface area contributed by atoms with Crippen LogP contribution in [-0.4, -0.2) is 31.7 Å². The summed E-state index contributed by atoms with van der Waals surface area (Å²) in [4.78, 5) is 15.1. The van der Waals surface area contributed by atoms with Gasteiger partial charge in [-0.25, -0.2) is 4.98 Å². The second kappa shape index (κ2) is 10.2. The van der Waals surface area contributed by atoms with Crippen molar-refractivity contribution < 1.29 is 14.6 Å². The van der Waals surface area contributed by atoms with Crippen LogP contribution < -0.4 is 10.5 Å². The Kier molecular flexibility index (Phi) is 6.87. The lowest BCUT2D eigenvalue weighted by Gasteiger charge is -2.13. The first-order valence-electron chi connectivity index (χ1n) is 10.9. The number of carbonyl (C=O) groups is 1. The van der Waals surface area contributed by atoms with Crippen LogP contribution in [0.2, 0.25) is 0 Å². The van der Waals surface area contributed by atoms with Gasteiger partial charge in [0, 0.05) is 25.0 Å². The molecule has 4 rings (SSSR count). The normalized spacial score (nSPS) is 12.2. The minimum atomic E-state index is -0.749. The molecule has 1 amide bonds. The predicted molar refractivity (Wildman–Crippen MR) is 123 cm³/mol. The summed E-state index contributed by atoms with van der Waals surface area (Å²) >= 11 is 0. The van der Waals surface area contributed by atoms with Crippen molar-refractivity contribution in [2.75, 3.05) is 6.61 Å². The Morgan fingerprint density at radius 2 is 1.97 bits per heavy atom. The molecule has 3 N–H and O–H groups in total. The summed E-state index contributed by atoms with van der Waals surface area (Å²) < 4.78 is 9.66. The van der Waals surface area contributed by atoms with Crippen molar-refractivity contribution in [1.82, 2.24) is 14.1 Å². The lowest BCUT2D eigenvalue weighted by Crippen LogP contribution is -2.12. The molecule has 0 spiro atoms. The Hall–Kier alpha value is -3.58. The van der Waals surface area contributed by atoms with Crippen LogP contribution in [0.1, 0.15) is 41.5 Å². The Labute approximate surface area is 187 Å². The first-order valence-corrected chi connectivity index (χ1v) is 10.9. The molecular weight excluding hydrogens is 404 g/mol. The van der Waals surface area contributed by atoms with Gasteiger partial charge < -0.3 is 24.7 Å². The van der Waals surface area contributed by atoms with Crippen molar-refractivity contribution >= 4 is 16.8 Å². The van der Waals surface area contributed by atoms with Gasteiger partial charge in [-0.15, -0.1) is 0 Å². The fourth-order valence-electron chi connectivity index (χ4n) is 3.78. The van der Waals surface area contributed by atoms with Crippen molar-refractivity contribution in [3.05, 3.63) is 84.6 Å². The number of fused-ring (bicyclic) bond motifs is 1. The number of primary amides is 1. The van der Waals surface area contributed by atoms with E-state index in [1.54, 1.807) is 0 Å². The molecule has 0 saturated heterocycles. The number of aromatic nitrogens is 3. The zero-order valence-corrected chi connectivity index (χ0v) is 17.9. The molecule has 0 aliphatic rings. The number of rotatable bonds is 11. The summed E-state index contributed by atoms with van der Waals surface area (Å²) in [6, 6.07) is 18.7. The quantitative estimate of drug-likeness (QED) is 0.351. The molecule has 7 heteroatoms. The van der Waals surface area contributed by atoms with Crippen LogP contribution in [0.15, 0.2) is 73.3 Å². The van der Waals surface area contributed by atoms with Crippen molar-refractivity contribution in [2.45, 2.75) is 38.5 Å². The van der Waals surface area contributed by atoms with Crippen LogP contribution in [0.3, 0.4) is 0 Å². The van der Waals surface area contributed by atoms with Crippen LogP contribution >= 0.6 is 0 Å². The molecule has 2 aromatic carbocycles. The molecule has 0 bridgehead atoms.